The number of rotatable bonds is 6. The van der Waals surface area contributed by atoms with Crippen LogP contribution in [0.4, 0.5) is 10.1 Å². The lowest BCUT2D eigenvalue weighted by atomic mass is 10.0. The lowest BCUT2D eigenvalue weighted by Gasteiger charge is -2.17. The number of furan rings is 1. The smallest absolute Gasteiger partial charge is 0.251 e. The maximum Gasteiger partial charge on any atom is 0.251 e. The number of hydrogen-bond donors (Lipinski definition) is 2. The first-order valence-corrected chi connectivity index (χ1v) is 8.97. The Labute approximate surface area is 167 Å². The number of amides is 1. The highest BCUT2D eigenvalue weighted by Crippen LogP contribution is 2.29. The zero-order valence-electron chi connectivity index (χ0n) is 15.3. The highest BCUT2D eigenvalue weighted by molar-refractivity contribution is 7.81. The molecule has 0 fully saturated rings. The average molecular weight is 398 g/mol. The largest absolute Gasteiger partial charge is 0.453 e. The molecule has 0 radical (unpaired) electrons. The van der Waals surface area contributed by atoms with E-state index in [0.717, 1.165) is 5.56 Å². The summed E-state index contributed by atoms with van der Waals surface area (Å²) < 4.78 is 20.1. The second-order valence-electron chi connectivity index (χ2n) is 6.36. The summed E-state index contributed by atoms with van der Waals surface area (Å²) in [6.07, 6.45) is 0.621. The van der Waals surface area contributed by atoms with Gasteiger partial charge in [-0.05, 0) is 55.0 Å². The molecule has 3 rings (SSSR count). The Morgan fingerprint density at radius 3 is 2.50 bits per heavy atom. The van der Waals surface area contributed by atoms with E-state index in [0.29, 0.717) is 28.9 Å². The Morgan fingerprint density at radius 2 is 1.89 bits per heavy atom. The molecule has 1 heterocycles. The van der Waals surface area contributed by atoms with Crippen LogP contribution in [-0.2, 0) is 0 Å². The summed E-state index contributed by atoms with van der Waals surface area (Å²) in [5, 5.41) is 2.90. The Hall–Kier alpha value is -3.06. The maximum absolute atomic E-state index is 13.1. The maximum atomic E-state index is 13.1. The van der Waals surface area contributed by atoms with Crippen LogP contribution in [0.2, 0.25) is 0 Å². The molecular formula is C21H19FN2O3S. The number of benzene rings is 2. The van der Waals surface area contributed by atoms with E-state index in [-0.39, 0.29) is 23.5 Å². The van der Waals surface area contributed by atoms with Gasteiger partial charge in [0.25, 0.3) is 5.91 Å². The Bertz CT molecular complexity index is 999. The molecule has 7 heteroatoms. The molecule has 0 saturated carbocycles. The van der Waals surface area contributed by atoms with E-state index < -0.39 is 0 Å². The minimum absolute atomic E-state index is 0.204. The normalized spacial score (nSPS) is 11.7. The first-order chi connectivity index (χ1) is 13.4. The van der Waals surface area contributed by atoms with Gasteiger partial charge in [0.15, 0.2) is 12.0 Å². The number of aldehydes is 1. The fraction of sp³-hybridized carbons (Fsp3) is 0.143. The Morgan fingerprint density at radius 1 is 1.18 bits per heavy atom. The van der Waals surface area contributed by atoms with E-state index in [2.05, 4.69) is 18.1 Å². The number of anilines is 1. The van der Waals surface area contributed by atoms with Crippen molar-refractivity contribution in [1.82, 2.24) is 5.32 Å². The summed E-state index contributed by atoms with van der Waals surface area (Å²) in [5.74, 6) is 0.0529. The van der Waals surface area contributed by atoms with E-state index in [9.17, 15) is 14.0 Å². The van der Waals surface area contributed by atoms with Crippen LogP contribution in [0.15, 0.2) is 59.0 Å². The minimum atomic E-state index is -0.329. The predicted octanol–water partition coefficient (Wildman–Crippen LogP) is 4.67. The van der Waals surface area contributed by atoms with Gasteiger partial charge in [-0.1, -0.05) is 24.9 Å². The van der Waals surface area contributed by atoms with Gasteiger partial charge < -0.3 is 14.0 Å². The number of carbonyl (C=O) groups is 2. The highest BCUT2D eigenvalue weighted by atomic mass is 32.1. The summed E-state index contributed by atoms with van der Waals surface area (Å²) >= 11 is 4.30. The van der Waals surface area contributed by atoms with Gasteiger partial charge in [0, 0.05) is 23.9 Å². The SMILES string of the molecule is C[C@@H](NC(=O)c1cc(-c2ccc(C=O)o2)cc(N(C)S)c1)c1ccc(F)cc1. The van der Waals surface area contributed by atoms with Crippen LogP contribution in [0, 0.1) is 5.82 Å². The third kappa shape index (κ3) is 4.43. The second-order valence-corrected chi connectivity index (χ2v) is 6.96. The molecule has 1 N–H and O–H groups in total. The fourth-order valence-electron chi connectivity index (χ4n) is 2.76. The average Bonchev–Trinajstić information content (AvgIpc) is 3.17. The molecule has 0 aliphatic heterocycles. The van der Waals surface area contributed by atoms with Crippen molar-refractivity contribution in [2.24, 2.45) is 0 Å². The van der Waals surface area contributed by atoms with Crippen molar-refractivity contribution in [2.45, 2.75) is 13.0 Å². The van der Waals surface area contributed by atoms with Gasteiger partial charge in [-0.25, -0.2) is 4.39 Å². The molecule has 0 saturated heterocycles. The number of hydrogen-bond acceptors (Lipinski definition) is 5. The molecule has 1 atom stereocenters. The van der Waals surface area contributed by atoms with Crippen LogP contribution in [0.3, 0.4) is 0 Å². The minimum Gasteiger partial charge on any atom is -0.453 e. The van der Waals surface area contributed by atoms with Crippen LogP contribution in [-0.4, -0.2) is 19.2 Å². The van der Waals surface area contributed by atoms with Crippen LogP contribution in [0.1, 0.15) is 39.4 Å². The zero-order valence-corrected chi connectivity index (χ0v) is 16.2. The van der Waals surface area contributed by atoms with Gasteiger partial charge in [0.1, 0.15) is 11.6 Å². The molecule has 28 heavy (non-hydrogen) atoms. The van der Waals surface area contributed by atoms with Crippen molar-refractivity contribution in [2.75, 3.05) is 11.4 Å². The van der Waals surface area contributed by atoms with Crippen molar-refractivity contribution < 1.29 is 18.4 Å². The zero-order chi connectivity index (χ0) is 20.3. The molecule has 0 aliphatic carbocycles. The third-order valence-electron chi connectivity index (χ3n) is 4.30. The van der Waals surface area contributed by atoms with Gasteiger partial charge in [0.2, 0.25) is 0 Å². The third-order valence-corrected chi connectivity index (χ3v) is 4.53. The van der Waals surface area contributed by atoms with Crippen molar-refractivity contribution in [3.8, 4) is 11.3 Å². The summed E-state index contributed by atoms with van der Waals surface area (Å²) in [4.78, 5) is 23.7. The highest BCUT2D eigenvalue weighted by Gasteiger charge is 2.16. The monoisotopic (exact) mass is 398 g/mol. The van der Waals surface area contributed by atoms with E-state index in [1.165, 1.54) is 12.1 Å². The molecule has 3 aromatic rings. The van der Waals surface area contributed by atoms with E-state index >= 15 is 0 Å². The topological polar surface area (TPSA) is 62.6 Å². The number of carbonyl (C=O) groups excluding carboxylic acids is 2. The summed E-state index contributed by atoms with van der Waals surface area (Å²) in [7, 11) is 1.74. The van der Waals surface area contributed by atoms with Crippen LogP contribution < -0.4 is 9.62 Å². The first kappa shape index (κ1) is 19.7. The van der Waals surface area contributed by atoms with E-state index in [1.54, 1.807) is 53.8 Å². The molecule has 144 valence electrons. The quantitative estimate of drug-likeness (QED) is 0.468. The fourth-order valence-corrected chi connectivity index (χ4v) is 2.87. The molecule has 0 bridgehead atoms. The summed E-state index contributed by atoms with van der Waals surface area (Å²) in [5.41, 5.74) is 2.53. The van der Waals surface area contributed by atoms with Gasteiger partial charge in [-0.3, -0.25) is 9.59 Å². The molecule has 0 aliphatic rings. The van der Waals surface area contributed by atoms with Gasteiger partial charge in [0.05, 0.1) is 6.04 Å². The predicted molar refractivity (Wildman–Crippen MR) is 109 cm³/mol. The molecule has 0 spiro atoms. The van der Waals surface area contributed by atoms with E-state index in [4.69, 9.17) is 4.42 Å². The molecule has 0 unspecified atom stereocenters. The molecule has 1 aromatic heterocycles. The summed E-state index contributed by atoms with van der Waals surface area (Å²) in [6.45, 7) is 1.82. The van der Waals surface area contributed by atoms with Crippen LogP contribution in [0.25, 0.3) is 11.3 Å². The number of nitrogens with one attached hydrogen (secondary N) is 1. The first-order valence-electron chi connectivity index (χ1n) is 8.57. The number of halogens is 1. The van der Waals surface area contributed by atoms with Crippen molar-refractivity contribution in [3.63, 3.8) is 0 Å². The van der Waals surface area contributed by atoms with Gasteiger partial charge in [-0.15, -0.1) is 0 Å². The lowest BCUT2D eigenvalue weighted by Crippen LogP contribution is -2.26. The molecule has 1 amide bonds. The number of nitrogens with zero attached hydrogens (tertiary/aromatic N) is 1. The van der Waals surface area contributed by atoms with Gasteiger partial charge >= 0.3 is 0 Å². The Kier molecular flexibility index (Phi) is 5.84. The van der Waals surface area contributed by atoms with Crippen LogP contribution >= 0.6 is 12.8 Å². The number of thiol groups is 1. The summed E-state index contributed by atoms with van der Waals surface area (Å²) in [6, 6.07) is 14.1. The van der Waals surface area contributed by atoms with Crippen molar-refractivity contribution in [3.05, 3.63) is 77.3 Å². The molecule has 5 nitrogen and oxygen atoms in total. The molecule has 2 aromatic carbocycles. The van der Waals surface area contributed by atoms with Crippen LogP contribution in [0.5, 0.6) is 0 Å². The Balaban J connectivity index is 1.90. The van der Waals surface area contributed by atoms with Gasteiger partial charge in [-0.2, -0.15) is 0 Å². The molecular weight excluding hydrogens is 379 g/mol. The standard InChI is InChI=1S/C21H19FN2O3S/c1-13(14-3-5-17(22)6-4-14)23-21(26)16-9-15(10-18(11-16)24(2)28)20-8-7-19(12-25)27-20/h3-13,28H,1-2H3,(H,23,26)/t13-/m1/s1. The lowest BCUT2D eigenvalue weighted by molar-refractivity contribution is 0.0939. The van der Waals surface area contributed by atoms with E-state index in [1.807, 2.05) is 6.92 Å². The van der Waals surface area contributed by atoms with Crippen molar-refractivity contribution in [1.29, 1.82) is 0 Å². The second kappa shape index (κ2) is 8.31. The van der Waals surface area contributed by atoms with Crippen molar-refractivity contribution >= 4 is 30.7 Å².